The summed E-state index contributed by atoms with van der Waals surface area (Å²) in [7, 11) is 0. The molecule has 0 aromatic heterocycles. The Balaban J connectivity index is 1.57. The van der Waals surface area contributed by atoms with Crippen LogP contribution in [-0.4, -0.2) is 0 Å². The zero-order chi connectivity index (χ0) is 19.2. The number of allylic oxidation sites excluding steroid dienone is 1. The standard InChI is InChI=1S/C24H25F2N/c1-2-3-17-6-10-20(11-7-17)21-12-8-18(9-13-21)4-5-19-14-23(25)22(16-27)24(26)15-19/h2,8-9,12-15,17,20H,1,3-7,10-11H2. The number of benzene rings is 2. The fraction of sp³-hybridized carbons (Fsp3) is 0.375. The van der Waals surface area contributed by atoms with E-state index in [-0.39, 0.29) is 0 Å². The minimum Gasteiger partial charge on any atom is -0.205 e. The first-order valence-corrected chi connectivity index (χ1v) is 9.68. The van der Waals surface area contributed by atoms with Crippen molar-refractivity contribution in [3.63, 3.8) is 0 Å². The summed E-state index contributed by atoms with van der Waals surface area (Å²) in [5.74, 6) is -0.127. The van der Waals surface area contributed by atoms with E-state index in [4.69, 9.17) is 5.26 Å². The second-order valence-corrected chi connectivity index (χ2v) is 7.53. The molecule has 3 rings (SSSR count). The SMILES string of the molecule is C=CCC1CCC(c2ccc(CCc3cc(F)c(C#N)c(F)c3)cc2)CC1. The quantitative estimate of drug-likeness (QED) is 0.538. The first-order valence-electron chi connectivity index (χ1n) is 9.68. The Bertz CT molecular complexity index is 801. The lowest BCUT2D eigenvalue weighted by Crippen LogP contribution is -2.12. The summed E-state index contributed by atoms with van der Waals surface area (Å²) < 4.78 is 27.4. The highest BCUT2D eigenvalue weighted by molar-refractivity contribution is 5.35. The van der Waals surface area contributed by atoms with Gasteiger partial charge < -0.3 is 0 Å². The normalized spacial score (nSPS) is 19.4. The second-order valence-electron chi connectivity index (χ2n) is 7.53. The number of hydrogen-bond donors (Lipinski definition) is 0. The average molecular weight is 365 g/mol. The number of nitrogens with zero attached hydrogens (tertiary/aromatic N) is 1. The molecule has 2 aromatic carbocycles. The molecule has 27 heavy (non-hydrogen) atoms. The van der Waals surface area contributed by atoms with Crippen LogP contribution in [0.2, 0.25) is 0 Å². The molecular weight excluding hydrogens is 340 g/mol. The van der Waals surface area contributed by atoms with Gasteiger partial charge in [-0.05, 0) is 85.6 Å². The van der Waals surface area contributed by atoms with Gasteiger partial charge in [0.25, 0.3) is 0 Å². The highest BCUT2D eigenvalue weighted by atomic mass is 19.1. The number of aryl methyl sites for hydroxylation is 2. The maximum absolute atomic E-state index is 13.7. The van der Waals surface area contributed by atoms with Crippen LogP contribution in [0.4, 0.5) is 8.78 Å². The molecule has 0 aliphatic heterocycles. The van der Waals surface area contributed by atoms with E-state index in [0.717, 1.165) is 24.3 Å². The zero-order valence-electron chi connectivity index (χ0n) is 15.6. The van der Waals surface area contributed by atoms with E-state index in [0.29, 0.717) is 17.9 Å². The molecule has 1 fully saturated rings. The third-order valence-corrected chi connectivity index (χ3v) is 5.71. The van der Waals surface area contributed by atoms with E-state index in [1.54, 1.807) is 6.07 Å². The summed E-state index contributed by atoms with van der Waals surface area (Å²) in [6.45, 7) is 3.84. The molecule has 0 saturated heterocycles. The lowest BCUT2D eigenvalue weighted by molar-refractivity contribution is 0.328. The minimum absolute atomic E-state index is 0.508. The molecule has 0 atom stereocenters. The van der Waals surface area contributed by atoms with Crippen LogP contribution < -0.4 is 0 Å². The van der Waals surface area contributed by atoms with E-state index in [9.17, 15) is 8.78 Å². The zero-order valence-corrected chi connectivity index (χ0v) is 15.6. The molecule has 1 saturated carbocycles. The maximum Gasteiger partial charge on any atom is 0.144 e. The Hall–Kier alpha value is -2.47. The topological polar surface area (TPSA) is 23.8 Å². The summed E-state index contributed by atoms with van der Waals surface area (Å²) in [5.41, 5.74) is 2.62. The number of halogens is 2. The van der Waals surface area contributed by atoms with Gasteiger partial charge in [-0.25, -0.2) is 8.78 Å². The van der Waals surface area contributed by atoms with Crippen molar-refractivity contribution >= 4 is 0 Å². The summed E-state index contributed by atoms with van der Waals surface area (Å²) in [6, 6.07) is 12.7. The molecule has 0 bridgehead atoms. The fourth-order valence-electron chi connectivity index (χ4n) is 4.09. The van der Waals surface area contributed by atoms with Crippen LogP contribution in [0.3, 0.4) is 0 Å². The summed E-state index contributed by atoms with van der Waals surface area (Å²) in [5, 5.41) is 8.74. The van der Waals surface area contributed by atoms with Gasteiger partial charge in [0.15, 0.2) is 0 Å². The molecule has 0 N–H and O–H groups in total. The monoisotopic (exact) mass is 365 g/mol. The van der Waals surface area contributed by atoms with E-state index < -0.39 is 17.2 Å². The van der Waals surface area contributed by atoms with Crippen LogP contribution in [0.1, 0.15) is 60.3 Å². The van der Waals surface area contributed by atoms with Crippen molar-refractivity contribution in [2.75, 3.05) is 0 Å². The molecule has 0 spiro atoms. The molecule has 0 unspecified atom stereocenters. The summed E-state index contributed by atoms with van der Waals surface area (Å²) >= 11 is 0. The lowest BCUT2D eigenvalue weighted by atomic mass is 9.77. The van der Waals surface area contributed by atoms with Gasteiger partial charge >= 0.3 is 0 Å². The van der Waals surface area contributed by atoms with E-state index in [1.807, 2.05) is 6.08 Å². The van der Waals surface area contributed by atoms with E-state index in [2.05, 4.69) is 30.8 Å². The van der Waals surface area contributed by atoms with Crippen molar-refractivity contribution in [1.29, 1.82) is 5.26 Å². The van der Waals surface area contributed by atoms with Gasteiger partial charge in [0.05, 0.1) is 0 Å². The molecule has 2 aromatic rings. The van der Waals surface area contributed by atoms with E-state index >= 15 is 0 Å². The Labute approximate surface area is 160 Å². The highest BCUT2D eigenvalue weighted by Gasteiger charge is 2.21. The molecule has 140 valence electrons. The Morgan fingerprint density at radius 2 is 1.56 bits per heavy atom. The van der Waals surface area contributed by atoms with Crippen molar-refractivity contribution in [3.05, 3.63) is 82.9 Å². The van der Waals surface area contributed by atoms with Gasteiger partial charge in [-0.3, -0.25) is 0 Å². The minimum atomic E-state index is -0.782. The van der Waals surface area contributed by atoms with Gasteiger partial charge in [-0.15, -0.1) is 6.58 Å². The molecule has 1 aliphatic rings. The Kier molecular flexibility index (Phi) is 6.40. The third-order valence-electron chi connectivity index (χ3n) is 5.71. The predicted octanol–water partition coefficient (Wildman–Crippen LogP) is 6.47. The van der Waals surface area contributed by atoms with Crippen LogP contribution in [0, 0.1) is 28.9 Å². The maximum atomic E-state index is 13.7. The van der Waals surface area contributed by atoms with Gasteiger partial charge in [0.1, 0.15) is 23.3 Å². The van der Waals surface area contributed by atoms with Crippen molar-refractivity contribution in [1.82, 2.24) is 0 Å². The molecule has 0 radical (unpaired) electrons. The third kappa shape index (κ3) is 4.83. The van der Waals surface area contributed by atoms with Crippen LogP contribution >= 0.6 is 0 Å². The van der Waals surface area contributed by atoms with Crippen molar-refractivity contribution < 1.29 is 8.78 Å². The Morgan fingerprint density at radius 3 is 2.11 bits per heavy atom. The van der Waals surface area contributed by atoms with Crippen LogP contribution in [0.15, 0.2) is 49.1 Å². The van der Waals surface area contributed by atoms with Crippen LogP contribution in [0.25, 0.3) is 0 Å². The van der Waals surface area contributed by atoms with Crippen LogP contribution in [0.5, 0.6) is 0 Å². The molecule has 0 heterocycles. The molecular formula is C24H25F2N. The Morgan fingerprint density at radius 1 is 0.963 bits per heavy atom. The first-order chi connectivity index (χ1) is 13.1. The fourth-order valence-corrected chi connectivity index (χ4v) is 4.09. The van der Waals surface area contributed by atoms with Crippen molar-refractivity contribution in [2.45, 2.75) is 50.9 Å². The first kappa shape index (κ1) is 19.3. The molecule has 1 nitrogen and oxygen atoms in total. The van der Waals surface area contributed by atoms with Crippen molar-refractivity contribution in [3.8, 4) is 6.07 Å². The smallest absolute Gasteiger partial charge is 0.144 e. The lowest BCUT2D eigenvalue weighted by Gasteiger charge is -2.28. The molecule has 0 amide bonds. The molecule has 1 aliphatic carbocycles. The largest absolute Gasteiger partial charge is 0.205 e. The predicted molar refractivity (Wildman–Crippen MR) is 104 cm³/mol. The average Bonchev–Trinajstić information content (AvgIpc) is 2.67. The highest BCUT2D eigenvalue weighted by Crippen LogP contribution is 2.37. The van der Waals surface area contributed by atoms with Crippen molar-refractivity contribution in [2.24, 2.45) is 5.92 Å². The van der Waals surface area contributed by atoms with E-state index in [1.165, 1.54) is 43.4 Å². The van der Waals surface area contributed by atoms with Gasteiger partial charge in [-0.2, -0.15) is 5.26 Å². The summed E-state index contributed by atoms with van der Waals surface area (Å²) in [6.07, 6.45) is 9.45. The second kappa shape index (κ2) is 8.95. The number of hydrogen-bond acceptors (Lipinski definition) is 1. The van der Waals surface area contributed by atoms with Crippen LogP contribution in [-0.2, 0) is 12.8 Å². The number of rotatable bonds is 6. The number of nitriles is 1. The summed E-state index contributed by atoms with van der Waals surface area (Å²) in [4.78, 5) is 0. The van der Waals surface area contributed by atoms with Gasteiger partial charge in [0, 0.05) is 0 Å². The van der Waals surface area contributed by atoms with Gasteiger partial charge in [0.2, 0.25) is 0 Å². The van der Waals surface area contributed by atoms with Gasteiger partial charge in [-0.1, -0.05) is 30.3 Å². The molecule has 3 heteroatoms.